The van der Waals surface area contributed by atoms with Gasteiger partial charge in [-0.25, -0.2) is 23.5 Å². The molecule has 0 spiro atoms. The summed E-state index contributed by atoms with van der Waals surface area (Å²) in [6, 6.07) is 8.02. The second-order valence-corrected chi connectivity index (χ2v) is 8.03. The minimum absolute atomic E-state index is 0.00957. The first kappa shape index (κ1) is 22.6. The van der Waals surface area contributed by atoms with Crippen LogP contribution in [0.25, 0.3) is 22.3 Å². The van der Waals surface area contributed by atoms with E-state index in [1.807, 2.05) is 0 Å². The number of fused-ring (bicyclic) bond motifs is 1. The Kier molecular flexibility index (Phi) is 6.21. The highest BCUT2D eigenvalue weighted by atomic mass is 19.1. The molecule has 1 saturated heterocycles. The molecule has 5 rings (SSSR count). The zero-order valence-corrected chi connectivity index (χ0v) is 18.5. The van der Waals surface area contributed by atoms with Gasteiger partial charge in [-0.15, -0.1) is 0 Å². The third-order valence-electron chi connectivity index (χ3n) is 5.68. The fourth-order valence-corrected chi connectivity index (χ4v) is 3.91. The van der Waals surface area contributed by atoms with Gasteiger partial charge in [-0.3, -0.25) is 10.00 Å². The number of hydrogen-bond acceptors (Lipinski definition) is 7. The van der Waals surface area contributed by atoms with Gasteiger partial charge in [-0.1, -0.05) is 12.1 Å². The number of morpholine rings is 1. The average Bonchev–Trinajstić information content (AvgIpc) is 3.28. The first-order valence-corrected chi connectivity index (χ1v) is 10.9. The summed E-state index contributed by atoms with van der Waals surface area (Å²) in [6.45, 7) is 3.47. The van der Waals surface area contributed by atoms with Crippen molar-refractivity contribution in [3.8, 4) is 11.3 Å². The van der Waals surface area contributed by atoms with Crippen molar-refractivity contribution < 1.29 is 18.3 Å². The van der Waals surface area contributed by atoms with E-state index in [1.165, 1.54) is 30.6 Å². The molecule has 0 radical (unpaired) electrons. The Morgan fingerprint density at radius 1 is 1.06 bits per heavy atom. The summed E-state index contributed by atoms with van der Waals surface area (Å²) < 4.78 is 34.7. The van der Waals surface area contributed by atoms with Crippen LogP contribution in [-0.4, -0.2) is 57.4 Å². The Labute approximate surface area is 198 Å². The molecule has 0 aliphatic carbocycles. The summed E-state index contributed by atoms with van der Waals surface area (Å²) in [4.78, 5) is 22.5. The first-order chi connectivity index (χ1) is 17.0. The fourth-order valence-electron chi connectivity index (χ4n) is 3.91. The number of amides is 2. The number of benzene rings is 2. The molecule has 12 heteroatoms. The molecular formula is C23H22F2N8O2. The van der Waals surface area contributed by atoms with Crippen LogP contribution in [0, 0.1) is 11.6 Å². The summed E-state index contributed by atoms with van der Waals surface area (Å²) >= 11 is 0. The summed E-state index contributed by atoms with van der Waals surface area (Å²) in [5, 5.41) is 12.1. The van der Waals surface area contributed by atoms with E-state index in [0.717, 1.165) is 18.7 Å². The number of ether oxygens (including phenoxy) is 1. The Bertz CT molecular complexity index is 1390. The Hall–Kier alpha value is -4.16. The van der Waals surface area contributed by atoms with Gasteiger partial charge >= 0.3 is 6.03 Å². The van der Waals surface area contributed by atoms with E-state index in [2.05, 4.69) is 35.7 Å². The van der Waals surface area contributed by atoms with Crippen molar-refractivity contribution in [3.63, 3.8) is 0 Å². The van der Waals surface area contributed by atoms with Crippen LogP contribution in [0.3, 0.4) is 0 Å². The molecule has 1 fully saturated rings. The lowest BCUT2D eigenvalue weighted by Crippen LogP contribution is -2.35. The summed E-state index contributed by atoms with van der Waals surface area (Å²) in [6.07, 6.45) is 1.29. The number of halogens is 2. The minimum atomic E-state index is -0.777. The van der Waals surface area contributed by atoms with Crippen LogP contribution >= 0.6 is 0 Å². The van der Waals surface area contributed by atoms with Crippen molar-refractivity contribution >= 4 is 34.3 Å². The third kappa shape index (κ3) is 4.88. The summed E-state index contributed by atoms with van der Waals surface area (Å²) in [7, 11) is 0. The molecule has 180 valence electrons. The van der Waals surface area contributed by atoms with Crippen molar-refractivity contribution in [2.24, 2.45) is 0 Å². The maximum absolute atomic E-state index is 14.8. The molecule has 0 saturated carbocycles. The largest absolute Gasteiger partial charge is 0.383 e. The van der Waals surface area contributed by atoms with E-state index in [-0.39, 0.29) is 17.2 Å². The highest BCUT2D eigenvalue weighted by Crippen LogP contribution is 2.30. The van der Waals surface area contributed by atoms with E-state index in [1.54, 1.807) is 12.1 Å². The normalized spacial score (nSPS) is 14.2. The molecule has 1 aliphatic rings. The molecule has 0 bridgehead atoms. The number of aromatic amines is 1. The van der Waals surface area contributed by atoms with Gasteiger partial charge in [0, 0.05) is 25.2 Å². The van der Waals surface area contributed by atoms with Crippen LogP contribution < -0.4 is 16.4 Å². The maximum atomic E-state index is 14.8. The Morgan fingerprint density at radius 3 is 2.49 bits per heavy atom. The SMILES string of the molecule is Nc1ncnc2n[nH]c(-c3ccc(NC(=O)Nc4ccc(CN5CCOCC5)cc4F)c(F)c3)c12. The molecule has 2 aromatic carbocycles. The number of nitrogen functional groups attached to an aromatic ring is 1. The van der Waals surface area contributed by atoms with E-state index in [4.69, 9.17) is 10.5 Å². The monoisotopic (exact) mass is 480 g/mol. The molecule has 10 nitrogen and oxygen atoms in total. The van der Waals surface area contributed by atoms with Crippen LogP contribution in [0.4, 0.5) is 30.8 Å². The van der Waals surface area contributed by atoms with Gasteiger partial charge in [0.2, 0.25) is 0 Å². The molecule has 2 aromatic heterocycles. The molecule has 35 heavy (non-hydrogen) atoms. The van der Waals surface area contributed by atoms with Crippen molar-refractivity contribution in [3.05, 3.63) is 59.9 Å². The predicted molar refractivity (Wildman–Crippen MR) is 127 cm³/mol. The Balaban J connectivity index is 1.26. The highest BCUT2D eigenvalue weighted by Gasteiger charge is 2.16. The number of aromatic nitrogens is 4. The average molecular weight is 480 g/mol. The highest BCUT2D eigenvalue weighted by molar-refractivity contribution is 6.01. The molecule has 3 heterocycles. The van der Waals surface area contributed by atoms with Crippen LogP contribution in [0.2, 0.25) is 0 Å². The number of rotatable bonds is 5. The molecule has 4 aromatic rings. The number of anilines is 3. The second-order valence-electron chi connectivity index (χ2n) is 8.03. The molecule has 2 amide bonds. The number of nitrogens with zero attached hydrogens (tertiary/aromatic N) is 4. The molecule has 0 unspecified atom stereocenters. The Morgan fingerprint density at radius 2 is 1.77 bits per heavy atom. The van der Waals surface area contributed by atoms with Gasteiger partial charge in [-0.05, 0) is 29.8 Å². The van der Waals surface area contributed by atoms with Crippen molar-refractivity contribution in [1.82, 2.24) is 25.1 Å². The predicted octanol–water partition coefficient (Wildman–Crippen LogP) is 3.36. The number of carbonyl (C=O) groups is 1. The number of nitrogens with two attached hydrogens (primary N) is 1. The molecule has 1 aliphatic heterocycles. The zero-order valence-electron chi connectivity index (χ0n) is 18.5. The topological polar surface area (TPSA) is 134 Å². The lowest BCUT2D eigenvalue weighted by Gasteiger charge is -2.26. The number of carbonyl (C=O) groups excluding carboxylic acids is 1. The van der Waals surface area contributed by atoms with Crippen LogP contribution in [-0.2, 0) is 11.3 Å². The minimum Gasteiger partial charge on any atom is -0.383 e. The van der Waals surface area contributed by atoms with E-state index in [0.29, 0.717) is 42.0 Å². The third-order valence-corrected chi connectivity index (χ3v) is 5.68. The van der Waals surface area contributed by atoms with Gasteiger partial charge in [-0.2, -0.15) is 5.10 Å². The summed E-state index contributed by atoms with van der Waals surface area (Å²) in [5.74, 6) is -1.07. The second kappa shape index (κ2) is 9.60. The van der Waals surface area contributed by atoms with E-state index >= 15 is 0 Å². The van der Waals surface area contributed by atoms with Gasteiger partial charge in [0.25, 0.3) is 0 Å². The lowest BCUT2D eigenvalue weighted by atomic mass is 10.1. The number of urea groups is 1. The van der Waals surface area contributed by atoms with Gasteiger partial charge < -0.3 is 21.1 Å². The first-order valence-electron chi connectivity index (χ1n) is 10.9. The summed E-state index contributed by atoms with van der Waals surface area (Å²) in [5.41, 5.74) is 7.85. The van der Waals surface area contributed by atoms with Crippen molar-refractivity contribution in [1.29, 1.82) is 0 Å². The molecule has 0 atom stereocenters. The standard InChI is InChI=1S/C23H22F2N8O2/c24-15-9-13(11-33-5-7-35-8-6-33)1-3-17(15)29-23(34)30-18-4-2-14(10-16(18)25)20-19-21(26)27-12-28-22(19)32-31-20/h1-4,9-10,12H,5-8,11H2,(H2,29,30,34)(H3,26,27,28,31,32). The number of nitrogens with one attached hydrogen (secondary N) is 3. The van der Waals surface area contributed by atoms with Crippen LogP contribution in [0.5, 0.6) is 0 Å². The van der Waals surface area contributed by atoms with E-state index < -0.39 is 17.7 Å². The zero-order chi connectivity index (χ0) is 24.4. The van der Waals surface area contributed by atoms with Crippen LogP contribution in [0.1, 0.15) is 5.56 Å². The quantitative estimate of drug-likeness (QED) is 0.344. The number of H-pyrrole nitrogens is 1. The van der Waals surface area contributed by atoms with Crippen molar-refractivity contribution in [2.45, 2.75) is 6.54 Å². The maximum Gasteiger partial charge on any atom is 0.323 e. The fraction of sp³-hybridized carbons (Fsp3) is 0.217. The van der Waals surface area contributed by atoms with Gasteiger partial charge in [0.1, 0.15) is 23.8 Å². The van der Waals surface area contributed by atoms with Gasteiger partial charge in [0.05, 0.1) is 35.7 Å². The molecule has 5 N–H and O–H groups in total. The lowest BCUT2D eigenvalue weighted by molar-refractivity contribution is 0.0341. The van der Waals surface area contributed by atoms with Crippen LogP contribution in [0.15, 0.2) is 42.7 Å². The molecular weight excluding hydrogens is 458 g/mol. The van der Waals surface area contributed by atoms with Gasteiger partial charge in [0.15, 0.2) is 5.65 Å². The number of hydrogen-bond donors (Lipinski definition) is 4. The van der Waals surface area contributed by atoms with Crippen molar-refractivity contribution in [2.75, 3.05) is 42.7 Å². The smallest absolute Gasteiger partial charge is 0.323 e. The van der Waals surface area contributed by atoms with E-state index in [9.17, 15) is 13.6 Å².